The zero-order valence-electron chi connectivity index (χ0n) is 20.5. The molecule has 0 radical (unpaired) electrons. The topological polar surface area (TPSA) is 137 Å². The minimum atomic E-state index is -0.961. The number of hydrazone groups is 1. The Balaban J connectivity index is 1.28. The number of hydrogen-bond acceptors (Lipinski definition) is 8. The molecule has 39 heavy (non-hydrogen) atoms. The van der Waals surface area contributed by atoms with Gasteiger partial charge in [-0.05, 0) is 59.7 Å². The normalized spacial score (nSPS) is 11.7. The highest BCUT2D eigenvalue weighted by atomic mass is 35.5. The molecule has 4 rings (SSSR count). The molecule has 3 N–H and O–H groups in total. The Kier molecular flexibility index (Phi) is 9.08. The number of nitrogens with one attached hydrogen (secondary N) is 3. The molecule has 13 heteroatoms. The first-order valence-corrected chi connectivity index (χ1v) is 12.1. The van der Waals surface area contributed by atoms with Gasteiger partial charge in [0, 0.05) is 17.3 Å². The van der Waals surface area contributed by atoms with Crippen LogP contribution in [0.15, 0.2) is 59.7 Å². The molecule has 0 bridgehead atoms. The fourth-order valence-electron chi connectivity index (χ4n) is 3.35. The van der Waals surface area contributed by atoms with Crippen LogP contribution in [0.2, 0.25) is 10.0 Å². The van der Waals surface area contributed by atoms with E-state index in [-0.39, 0.29) is 36.5 Å². The van der Waals surface area contributed by atoms with E-state index < -0.39 is 17.7 Å². The van der Waals surface area contributed by atoms with E-state index in [0.29, 0.717) is 27.8 Å². The second-order valence-electron chi connectivity index (χ2n) is 7.95. The lowest BCUT2D eigenvalue weighted by molar-refractivity contribution is -0.139. The highest BCUT2D eigenvalue weighted by molar-refractivity contribution is 6.35. The average molecular weight is 573 g/mol. The zero-order valence-corrected chi connectivity index (χ0v) is 22.0. The summed E-state index contributed by atoms with van der Waals surface area (Å²) in [5.74, 6) is -0.681. The first kappa shape index (κ1) is 27.6. The highest BCUT2D eigenvalue weighted by Gasteiger charge is 2.16. The maximum absolute atomic E-state index is 12.2. The van der Waals surface area contributed by atoms with Gasteiger partial charge in [0.15, 0.2) is 29.6 Å². The molecule has 0 atom stereocenters. The highest BCUT2D eigenvalue weighted by Crippen LogP contribution is 2.36. The summed E-state index contributed by atoms with van der Waals surface area (Å²) in [6.45, 7) is -0.0805. The van der Waals surface area contributed by atoms with Crippen molar-refractivity contribution in [2.45, 2.75) is 6.54 Å². The lowest BCUT2D eigenvalue weighted by atomic mass is 10.2. The Morgan fingerprint density at radius 3 is 2.54 bits per heavy atom. The molecule has 0 unspecified atom stereocenters. The van der Waals surface area contributed by atoms with Crippen LogP contribution in [0.1, 0.15) is 11.1 Å². The van der Waals surface area contributed by atoms with E-state index in [9.17, 15) is 14.4 Å². The van der Waals surface area contributed by atoms with Crippen molar-refractivity contribution in [3.63, 3.8) is 0 Å². The van der Waals surface area contributed by atoms with Gasteiger partial charge in [-0.25, -0.2) is 5.43 Å². The van der Waals surface area contributed by atoms with Crippen molar-refractivity contribution in [1.82, 2.24) is 10.7 Å². The number of nitrogens with zero attached hydrogens (tertiary/aromatic N) is 1. The molecule has 3 aromatic rings. The molecule has 0 aliphatic carbocycles. The summed E-state index contributed by atoms with van der Waals surface area (Å²) in [7, 11) is 1.40. The number of rotatable bonds is 9. The summed E-state index contributed by atoms with van der Waals surface area (Å²) in [6, 6.07) is 14.8. The molecular formula is C26H22Cl2N4O7. The summed E-state index contributed by atoms with van der Waals surface area (Å²) in [5, 5.41) is 9.64. The van der Waals surface area contributed by atoms with Gasteiger partial charge in [0.05, 0.1) is 18.3 Å². The van der Waals surface area contributed by atoms with Crippen molar-refractivity contribution < 1.29 is 33.3 Å². The smallest absolute Gasteiger partial charge is 0.329 e. The third-order valence-corrected chi connectivity index (χ3v) is 5.74. The Hall–Kier alpha value is -4.48. The fraction of sp³-hybridized carbons (Fsp3) is 0.154. The van der Waals surface area contributed by atoms with E-state index in [1.54, 1.807) is 42.5 Å². The number of carbonyl (C=O) groups excluding carboxylic acids is 3. The van der Waals surface area contributed by atoms with E-state index in [2.05, 4.69) is 21.2 Å². The van der Waals surface area contributed by atoms with E-state index in [1.807, 2.05) is 0 Å². The maximum Gasteiger partial charge on any atom is 0.329 e. The van der Waals surface area contributed by atoms with E-state index in [0.717, 1.165) is 5.56 Å². The number of ether oxygens (including phenoxy) is 4. The predicted octanol–water partition coefficient (Wildman–Crippen LogP) is 3.51. The molecule has 3 aromatic carbocycles. The number of halogens is 2. The van der Waals surface area contributed by atoms with Crippen LogP contribution in [-0.4, -0.2) is 44.4 Å². The molecule has 1 aliphatic heterocycles. The SMILES string of the molecule is COc1cc(/C=N\NC(=O)C(=O)NCc2ccc3c(c2)OCO3)cc(Cl)c1OCC(=O)Nc1ccc(Cl)cc1. The Morgan fingerprint density at radius 2 is 1.77 bits per heavy atom. The molecule has 0 saturated carbocycles. The number of hydrogen-bond donors (Lipinski definition) is 3. The number of methoxy groups -OCH3 is 1. The summed E-state index contributed by atoms with van der Waals surface area (Å²) in [5.41, 5.74) is 3.87. The second kappa shape index (κ2) is 12.9. The second-order valence-corrected chi connectivity index (χ2v) is 8.79. The van der Waals surface area contributed by atoms with Crippen LogP contribution in [0.4, 0.5) is 5.69 Å². The third kappa shape index (κ3) is 7.53. The number of benzene rings is 3. The molecule has 0 spiro atoms. The van der Waals surface area contributed by atoms with Crippen LogP contribution in [-0.2, 0) is 20.9 Å². The number of amides is 3. The van der Waals surface area contributed by atoms with Gasteiger partial charge in [0.25, 0.3) is 5.91 Å². The molecule has 0 aromatic heterocycles. The fourth-order valence-corrected chi connectivity index (χ4v) is 3.75. The van der Waals surface area contributed by atoms with Crippen LogP contribution in [0, 0.1) is 0 Å². The molecule has 11 nitrogen and oxygen atoms in total. The Morgan fingerprint density at radius 1 is 1.00 bits per heavy atom. The van der Waals surface area contributed by atoms with Crippen LogP contribution in [0.25, 0.3) is 0 Å². The predicted molar refractivity (Wildman–Crippen MR) is 144 cm³/mol. The molecule has 1 aliphatic rings. The molecule has 0 fully saturated rings. The van der Waals surface area contributed by atoms with Gasteiger partial charge >= 0.3 is 11.8 Å². The summed E-state index contributed by atoms with van der Waals surface area (Å²) < 4.78 is 21.4. The lowest BCUT2D eigenvalue weighted by Gasteiger charge is -2.13. The Bertz CT molecular complexity index is 1410. The largest absolute Gasteiger partial charge is 0.493 e. The summed E-state index contributed by atoms with van der Waals surface area (Å²) >= 11 is 12.2. The molecule has 202 valence electrons. The first-order valence-electron chi connectivity index (χ1n) is 11.4. The van der Waals surface area contributed by atoms with Crippen molar-refractivity contribution in [3.8, 4) is 23.0 Å². The van der Waals surface area contributed by atoms with Gasteiger partial charge in [-0.3, -0.25) is 14.4 Å². The van der Waals surface area contributed by atoms with Crippen molar-refractivity contribution in [3.05, 3.63) is 75.8 Å². The standard InChI is InChI=1S/C26H22Cl2N4O7/c1-36-22-10-16(8-19(28)24(22)37-13-23(33)31-18-5-3-17(27)4-6-18)12-30-32-26(35)25(34)29-11-15-2-7-20-21(9-15)39-14-38-20/h2-10,12H,11,13-14H2,1H3,(H,29,34)(H,31,33)(H,32,35)/b30-12-. The average Bonchev–Trinajstić information content (AvgIpc) is 3.40. The van der Waals surface area contributed by atoms with Gasteiger partial charge in [-0.1, -0.05) is 29.3 Å². The van der Waals surface area contributed by atoms with E-state index in [4.69, 9.17) is 42.1 Å². The molecule has 1 heterocycles. The zero-order chi connectivity index (χ0) is 27.8. The number of carbonyl (C=O) groups is 3. The van der Waals surface area contributed by atoms with Crippen LogP contribution in [0.3, 0.4) is 0 Å². The third-order valence-electron chi connectivity index (χ3n) is 5.20. The van der Waals surface area contributed by atoms with Crippen molar-refractivity contribution >= 4 is 52.8 Å². The first-order chi connectivity index (χ1) is 18.8. The van der Waals surface area contributed by atoms with Gasteiger partial charge in [0.1, 0.15) is 0 Å². The van der Waals surface area contributed by atoms with Gasteiger partial charge in [-0.2, -0.15) is 5.10 Å². The van der Waals surface area contributed by atoms with E-state index in [1.165, 1.54) is 25.5 Å². The maximum atomic E-state index is 12.2. The lowest BCUT2D eigenvalue weighted by Crippen LogP contribution is -2.37. The van der Waals surface area contributed by atoms with Crippen molar-refractivity contribution in [2.75, 3.05) is 25.8 Å². The van der Waals surface area contributed by atoms with Crippen LogP contribution >= 0.6 is 23.2 Å². The molecule has 3 amide bonds. The quantitative estimate of drug-likeness (QED) is 0.203. The van der Waals surface area contributed by atoms with E-state index >= 15 is 0 Å². The minimum Gasteiger partial charge on any atom is -0.493 e. The summed E-state index contributed by atoms with van der Waals surface area (Å²) in [6.07, 6.45) is 1.27. The molecule has 0 saturated heterocycles. The van der Waals surface area contributed by atoms with Gasteiger partial charge < -0.3 is 29.6 Å². The van der Waals surface area contributed by atoms with Crippen molar-refractivity contribution in [1.29, 1.82) is 0 Å². The monoisotopic (exact) mass is 572 g/mol. The van der Waals surface area contributed by atoms with Gasteiger partial charge in [0.2, 0.25) is 6.79 Å². The van der Waals surface area contributed by atoms with Crippen LogP contribution < -0.4 is 35.0 Å². The van der Waals surface area contributed by atoms with Crippen molar-refractivity contribution in [2.24, 2.45) is 5.10 Å². The van der Waals surface area contributed by atoms with Gasteiger partial charge in [-0.15, -0.1) is 0 Å². The number of anilines is 1. The van der Waals surface area contributed by atoms with Crippen LogP contribution in [0.5, 0.6) is 23.0 Å². The summed E-state index contributed by atoms with van der Waals surface area (Å²) in [4.78, 5) is 36.4. The minimum absolute atomic E-state index is 0.110. The molecular weight excluding hydrogens is 551 g/mol. The number of fused-ring (bicyclic) bond motifs is 1. The Labute approximate surface area is 233 Å².